The predicted octanol–water partition coefficient (Wildman–Crippen LogP) is 5.58. The van der Waals surface area contributed by atoms with Crippen LogP contribution in [-0.4, -0.2) is 27.8 Å². The smallest absolute Gasteiger partial charge is 0.416 e. The summed E-state index contributed by atoms with van der Waals surface area (Å²) in [7, 11) is 1.59. The summed E-state index contributed by atoms with van der Waals surface area (Å²) in [5.74, 6) is 0.358. The van der Waals surface area contributed by atoms with Gasteiger partial charge in [0.15, 0.2) is 0 Å². The number of ether oxygens (including phenoxy) is 1. The van der Waals surface area contributed by atoms with Crippen molar-refractivity contribution >= 4 is 23.1 Å². The maximum Gasteiger partial charge on any atom is 0.416 e. The summed E-state index contributed by atoms with van der Waals surface area (Å²) in [6.45, 7) is 1.74. The van der Waals surface area contributed by atoms with Crippen LogP contribution in [0.25, 0.3) is 16.4 Å². The molecule has 164 valence electrons. The number of methoxy groups -OCH3 is 1. The molecule has 2 aromatic heterocycles. The molecule has 32 heavy (non-hydrogen) atoms. The predicted molar refractivity (Wildman–Crippen MR) is 115 cm³/mol. The summed E-state index contributed by atoms with van der Waals surface area (Å²) in [6.07, 6.45) is -4.53. The molecule has 0 saturated carbocycles. The van der Waals surface area contributed by atoms with Crippen molar-refractivity contribution in [3.05, 3.63) is 76.8 Å². The van der Waals surface area contributed by atoms with Gasteiger partial charge in [0.1, 0.15) is 11.6 Å². The van der Waals surface area contributed by atoms with Crippen LogP contribution >= 0.6 is 11.3 Å². The van der Waals surface area contributed by atoms with Crippen LogP contribution in [0.2, 0.25) is 0 Å². The average molecular weight is 458 g/mol. The number of carbonyl (C=O) groups is 1. The largest absolute Gasteiger partial charge is 0.497 e. The SMILES string of the molecule is COc1ccc(-c2csc(-n3nc(C)cc3NC(=O)c3cccc(C(F)(F)F)c3)n2)cc1. The van der Waals surface area contributed by atoms with Crippen molar-refractivity contribution in [3.8, 4) is 22.1 Å². The summed E-state index contributed by atoms with van der Waals surface area (Å²) >= 11 is 1.32. The quantitative estimate of drug-likeness (QED) is 0.424. The highest BCUT2D eigenvalue weighted by atomic mass is 32.1. The first-order chi connectivity index (χ1) is 15.2. The first-order valence-corrected chi connectivity index (χ1v) is 10.3. The number of carbonyl (C=O) groups excluding carboxylic acids is 1. The minimum absolute atomic E-state index is 0.108. The third kappa shape index (κ3) is 4.50. The zero-order valence-electron chi connectivity index (χ0n) is 17.0. The van der Waals surface area contributed by atoms with Crippen LogP contribution in [0.3, 0.4) is 0 Å². The standard InChI is InChI=1S/C22H17F3N4O2S/c1-13-10-19(27-20(30)15-4-3-5-16(11-15)22(23,24)25)29(28-13)21-26-18(12-32-21)14-6-8-17(31-2)9-7-14/h3-12H,1-2H3,(H,27,30). The number of hydrogen-bond acceptors (Lipinski definition) is 5. The van der Waals surface area contributed by atoms with E-state index in [9.17, 15) is 18.0 Å². The van der Waals surface area contributed by atoms with Crippen LogP contribution in [0.15, 0.2) is 60.0 Å². The molecule has 6 nitrogen and oxygen atoms in total. The minimum atomic E-state index is -4.53. The van der Waals surface area contributed by atoms with Crippen LogP contribution < -0.4 is 10.1 Å². The summed E-state index contributed by atoms with van der Waals surface area (Å²) < 4.78 is 45.5. The van der Waals surface area contributed by atoms with Crippen LogP contribution in [-0.2, 0) is 6.18 Å². The molecule has 0 radical (unpaired) electrons. The lowest BCUT2D eigenvalue weighted by atomic mass is 10.1. The molecular formula is C22H17F3N4O2S. The Morgan fingerprint density at radius 2 is 1.88 bits per heavy atom. The van der Waals surface area contributed by atoms with Gasteiger partial charge in [-0.25, -0.2) is 4.98 Å². The van der Waals surface area contributed by atoms with Crippen molar-refractivity contribution in [2.45, 2.75) is 13.1 Å². The number of aryl methyl sites for hydroxylation is 1. The first kappa shape index (κ1) is 21.6. The van der Waals surface area contributed by atoms with E-state index in [4.69, 9.17) is 4.74 Å². The molecule has 4 aromatic rings. The van der Waals surface area contributed by atoms with E-state index >= 15 is 0 Å². The van der Waals surface area contributed by atoms with Gasteiger partial charge in [0, 0.05) is 22.6 Å². The number of thiazole rings is 1. The van der Waals surface area contributed by atoms with Gasteiger partial charge in [-0.1, -0.05) is 6.07 Å². The number of amides is 1. The summed E-state index contributed by atoms with van der Waals surface area (Å²) in [6, 6.07) is 13.3. The Morgan fingerprint density at radius 3 is 2.56 bits per heavy atom. The number of alkyl halides is 3. The number of nitrogens with zero attached hydrogens (tertiary/aromatic N) is 3. The molecular weight excluding hydrogens is 441 g/mol. The summed E-state index contributed by atoms with van der Waals surface area (Å²) in [5, 5.41) is 9.36. The first-order valence-electron chi connectivity index (χ1n) is 9.40. The molecule has 0 unspecified atom stereocenters. The normalized spacial score (nSPS) is 11.4. The molecule has 2 heterocycles. The van der Waals surface area contributed by atoms with Crippen molar-refractivity contribution < 1.29 is 22.7 Å². The molecule has 0 aliphatic heterocycles. The highest BCUT2D eigenvalue weighted by Gasteiger charge is 2.31. The number of aromatic nitrogens is 3. The molecule has 0 atom stereocenters. The van der Waals surface area contributed by atoms with E-state index in [0.29, 0.717) is 16.6 Å². The second-order valence-corrected chi connectivity index (χ2v) is 7.70. The van der Waals surface area contributed by atoms with Gasteiger partial charge in [0.2, 0.25) is 5.13 Å². The maximum atomic E-state index is 13.0. The zero-order chi connectivity index (χ0) is 22.9. The van der Waals surface area contributed by atoms with Gasteiger partial charge in [-0.05, 0) is 49.4 Å². The molecule has 0 saturated heterocycles. The third-order valence-electron chi connectivity index (χ3n) is 4.58. The van der Waals surface area contributed by atoms with Gasteiger partial charge < -0.3 is 10.1 Å². The van der Waals surface area contributed by atoms with Crippen LogP contribution in [0.1, 0.15) is 21.6 Å². The van der Waals surface area contributed by atoms with Crippen molar-refractivity contribution in [2.75, 3.05) is 12.4 Å². The Labute approximate surface area is 185 Å². The van der Waals surface area contributed by atoms with Gasteiger partial charge in [0.25, 0.3) is 5.91 Å². The number of halogens is 3. The molecule has 0 fully saturated rings. The second kappa shape index (κ2) is 8.46. The van der Waals surface area contributed by atoms with E-state index in [-0.39, 0.29) is 5.56 Å². The van der Waals surface area contributed by atoms with Crippen LogP contribution in [0, 0.1) is 6.92 Å². The molecule has 1 amide bonds. The number of anilines is 1. The molecule has 1 N–H and O–H groups in total. The van der Waals surface area contributed by atoms with Crippen LogP contribution in [0.5, 0.6) is 5.75 Å². The van der Waals surface area contributed by atoms with E-state index in [1.54, 1.807) is 20.1 Å². The Balaban J connectivity index is 1.60. The number of rotatable bonds is 5. The molecule has 0 spiro atoms. The lowest BCUT2D eigenvalue weighted by molar-refractivity contribution is -0.137. The van der Waals surface area contributed by atoms with Gasteiger partial charge in [-0.2, -0.15) is 23.0 Å². The Morgan fingerprint density at radius 1 is 1.12 bits per heavy atom. The summed E-state index contributed by atoms with van der Waals surface area (Å²) in [5.41, 5.74) is 1.22. The molecule has 0 bridgehead atoms. The van der Waals surface area contributed by atoms with Gasteiger partial charge in [0.05, 0.1) is 24.1 Å². The van der Waals surface area contributed by atoms with E-state index < -0.39 is 17.6 Å². The molecule has 2 aromatic carbocycles. The Bertz CT molecular complexity index is 1260. The van der Waals surface area contributed by atoms with Crippen molar-refractivity contribution in [2.24, 2.45) is 0 Å². The van der Waals surface area contributed by atoms with Gasteiger partial charge >= 0.3 is 6.18 Å². The molecule has 0 aliphatic carbocycles. The Hall–Kier alpha value is -3.66. The molecule has 0 aliphatic rings. The maximum absolute atomic E-state index is 13.0. The fourth-order valence-corrected chi connectivity index (χ4v) is 3.81. The highest BCUT2D eigenvalue weighted by molar-refractivity contribution is 7.12. The minimum Gasteiger partial charge on any atom is -0.497 e. The Kier molecular flexibility index (Phi) is 5.70. The number of benzene rings is 2. The average Bonchev–Trinajstić information content (AvgIpc) is 3.40. The van der Waals surface area contributed by atoms with E-state index in [2.05, 4.69) is 15.4 Å². The lowest BCUT2D eigenvalue weighted by Gasteiger charge is -2.09. The van der Waals surface area contributed by atoms with E-state index in [1.165, 1.54) is 28.2 Å². The van der Waals surface area contributed by atoms with E-state index in [1.807, 2.05) is 29.6 Å². The fourth-order valence-electron chi connectivity index (χ4n) is 3.02. The second-order valence-electron chi connectivity index (χ2n) is 6.86. The van der Waals surface area contributed by atoms with Crippen molar-refractivity contribution in [3.63, 3.8) is 0 Å². The fraction of sp³-hybridized carbons (Fsp3) is 0.136. The summed E-state index contributed by atoms with van der Waals surface area (Å²) in [4.78, 5) is 17.2. The third-order valence-corrected chi connectivity index (χ3v) is 5.40. The molecule has 4 rings (SSSR count). The monoisotopic (exact) mass is 458 g/mol. The topological polar surface area (TPSA) is 69.0 Å². The number of nitrogens with one attached hydrogen (secondary N) is 1. The zero-order valence-corrected chi connectivity index (χ0v) is 17.8. The van der Waals surface area contributed by atoms with Crippen LogP contribution in [0.4, 0.5) is 19.0 Å². The van der Waals surface area contributed by atoms with Crippen molar-refractivity contribution in [1.82, 2.24) is 14.8 Å². The van der Waals surface area contributed by atoms with Gasteiger partial charge in [-0.3, -0.25) is 4.79 Å². The van der Waals surface area contributed by atoms with E-state index in [0.717, 1.165) is 29.1 Å². The highest BCUT2D eigenvalue weighted by Crippen LogP contribution is 2.30. The lowest BCUT2D eigenvalue weighted by Crippen LogP contribution is -2.16. The molecule has 10 heteroatoms. The van der Waals surface area contributed by atoms with Crippen molar-refractivity contribution in [1.29, 1.82) is 0 Å². The number of hydrogen-bond donors (Lipinski definition) is 1. The van der Waals surface area contributed by atoms with Gasteiger partial charge in [-0.15, -0.1) is 11.3 Å².